The molecule has 0 aromatic rings. The van der Waals surface area contributed by atoms with Crippen molar-refractivity contribution in [2.45, 2.75) is 77.6 Å². The molecule has 0 bridgehead atoms. The van der Waals surface area contributed by atoms with Gasteiger partial charge in [-0.3, -0.25) is 4.57 Å². The van der Waals surface area contributed by atoms with Crippen molar-refractivity contribution >= 4 is 7.60 Å². The smallest absolute Gasteiger partial charge is 0.328 e. The SMILES string of the molecule is CCCCCCCCCCCCCP(=O)(O)OCC[N+](C)(C)C. The highest BCUT2D eigenvalue weighted by Gasteiger charge is 2.20. The van der Waals surface area contributed by atoms with Crippen LogP contribution >= 0.6 is 7.60 Å². The van der Waals surface area contributed by atoms with E-state index in [9.17, 15) is 9.46 Å². The van der Waals surface area contributed by atoms with Crippen LogP contribution in [0.3, 0.4) is 0 Å². The van der Waals surface area contributed by atoms with E-state index in [0.29, 0.717) is 12.8 Å². The van der Waals surface area contributed by atoms with E-state index in [1.54, 1.807) is 0 Å². The van der Waals surface area contributed by atoms with Crippen LogP contribution in [0.2, 0.25) is 0 Å². The molecule has 23 heavy (non-hydrogen) atoms. The predicted molar refractivity (Wildman–Crippen MR) is 100 cm³/mol. The highest BCUT2D eigenvalue weighted by Crippen LogP contribution is 2.42. The minimum absolute atomic E-state index is 0.307. The number of rotatable bonds is 16. The van der Waals surface area contributed by atoms with Gasteiger partial charge in [-0.05, 0) is 6.42 Å². The van der Waals surface area contributed by atoms with Gasteiger partial charge in [0.2, 0.25) is 0 Å². The van der Waals surface area contributed by atoms with Crippen LogP contribution in [0.5, 0.6) is 0 Å². The molecule has 0 amide bonds. The molecule has 4 nitrogen and oxygen atoms in total. The fourth-order valence-corrected chi connectivity index (χ4v) is 3.62. The zero-order valence-corrected chi connectivity index (χ0v) is 17.0. The topological polar surface area (TPSA) is 46.5 Å². The van der Waals surface area contributed by atoms with Gasteiger partial charge in [0.25, 0.3) is 0 Å². The van der Waals surface area contributed by atoms with Crippen LogP contribution in [0.1, 0.15) is 77.6 Å². The molecule has 0 rings (SSSR count). The standard InChI is InChI=1S/C18H40NO3P/c1-5-6-7-8-9-10-11-12-13-14-15-18-23(20,21)22-17-16-19(2,3)4/h5-18H2,1-4H3/p+1. The first-order chi connectivity index (χ1) is 10.8. The van der Waals surface area contributed by atoms with Gasteiger partial charge in [-0.15, -0.1) is 0 Å². The normalized spacial score (nSPS) is 14.8. The van der Waals surface area contributed by atoms with Crippen molar-refractivity contribution < 1.29 is 18.5 Å². The molecule has 1 unspecified atom stereocenters. The maximum absolute atomic E-state index is 11.9. The van der Waals surface area contributed by atoms with Crippen molar-refractivity contribution in [3.8, 4) is 0 Å². The molecule has 0 aliphatic carbocycles. The van der Waals surface area contributed by atoms with E-state index in [0.717, 1.165) is 23.9 Å². The number of quaternary nitrogens is 1. The molecule has 1 N–H and O–H groups in total. The quantitative estimate of drug-likeness (QED) is 0.236. The Hall–Kier alpha value is 0.110. The summed E-state index contributed by atoms with van der Waals surface area (Å²) in [7, 11) is 2.79. The first kappa shape index (κ1) is 23.1. The highest BCUT2D eigenvalue weighted by molar-refractivity contribution is 7.52. The Bertz CT molecular complexity index is 316. The van der Waals surface area contributed by atoms with Crippen LogP contribution in [0, 0.1) is 0 Å². The molecule has 0 aliphatic rings. The van der Waals surface area contributed by atoms with Crippen molar-refractivity contribution in [1.82, 2.24) is 0 Å². The highest BCUT2D eigenvalue weighted by atomic mass is 31.2. The Morgan fingerprint density at radius 1 is 0.826 bits per heavy atom. The van der Waals surface area contributed by atoms with Crippen molar-refractivity contribution in [3.05, 3.63) is 0 Å². The van der Waals surface area contributed by atoms with E-state index in [-0.39, 0.29) is 0 Å². The minimum Gasteiger partial charge on any atom is -0.329 e. The first-order valence-corrected chi connectivity index (χ1v) is 11.3. The second-order valence-corrected chi connectivity index (χ2v) is 9.72. The number of likely N-dealkylation sites (N-methyl/N-ethyl adjacent to an activating group) is 1. The van der Waals surface area contributed by atoms with E-state index >= 15 is 0 Å². The van der Waals surface area contributed by atoms with Gasteiger partial charge in [-0.1, -0.05) is 71.1 Å². The van der Waals surface area contributed by atoms with E-state index in [2.05, 4.69) is 28.1 Å². The third-order valence-corrected chi connectivity index (χ3v) is 5.57. The lowest BCUT2D eigenvalue weighted by atomic mass is 10.1. The van der Waals surface area contributed by atoms with E-state index < -0.39 is 7.60 Å². The van der Waals surface area contributed by atoms with Crippen LogP contribution in [-0.2, 0) is 9.09 Å². The van der Waals surface area contributed by atoms with Gasteiger partial charge in [0.1, 0.15) is 13.2 Å². The Morgan fingerprint density at radius 3 is 1.70 bits per heavy atom. The number of unbranched alkanes of at least 4 members (excludes halogenated alkanes) is 10. The molecule has 0 fully saturated rings. The summed E-state index contributed by atoms with van der Waals surface area (Å²) in [6.45, 7) is 3.36. The summed E-state index contributed by atoms with van der Waals surface area (Å²) >= 11 is 0. The van der Waals surface area contributed by atoms with Gasteiger partial charge in [0, 0.05) is 6.16 Å². The van der Waals surface area contributed by atoms with Gasteiger partial charge >= 0.3 is 7.60 Å². The molecule has 0 aromatic heterocycles. The molecule has 1 atom stereocenters. The lowest BCUT2D eigenvalue weighted by molar-refractivity contribution is -0.870. The number of nitrogens with zero attached hydrogens (tertiary/aromatic N) is 1. The molecule has 140 valence electrons. The Kier molecular flexibility index (Phi) is 13.5. The summed E-state index contributed by atoms with van der Waals surface area (Å²) in [6.07, 6.45) is 14.0. The summed E-state index contributed by atoms with van der Waals surface area (Å²) in [5.74, 6) is 0. The minimum atomic E-state index is -3.37. The average molecular weight is 351 g/mol. The molecule has 0 spiro atoms. The van der Waals surface area contributed by atoms with Crippen LogP contribution in [-0.4, -0.2) is 49.8 Å². The van der Waals surface area contributed by atoms with Crippen molar-refractivity contribution in [1.29, 1.82) is 0 Å². The van der Waals surface area contributed by atoms with Crippen molar-refractivity contribution in [2.75, 3.05) is 40.5 Å². The summed E-state index contributed by atoms with van der Waals surface area (Å²) < 4.78 is 17.8. The molecule has 0 aliphatic heterocycles. The summed E-state index contributed by atoms with van der Waals surface area (Å²) in [6, 6.07) is 0. The van der Waals surface area contributed by atoms with Crippen LogP contribution < -0.4 is 0 Å². The zero-order valence-electron chi connectivity index (χ0n) is 16.1. The summed E-state index contributed by atoms with van der Waals surface area (Å²) in [5, 5.41) is 0. The monoisotopic (exact) mass is 350 g/mol. The van der Waals surface area contributed by atoms with Crippen molar-refractivity contribution in [3.63, 3.8) is 0 Å². The zero-order chi connectivity index (χ0) is 17.6. The molecule has 5 heteroatoms. The molecule has 0 heterocycles. The molecular formula is C18H41NO3P+. The summed E-state index contributed by atoms with van der Waals surface area (Å²) in [5.41, 5.74) is 0. The number of hydrogen-bond donors (Lipinski definition) is 1. The van der Waals surface area contributed by atoms with Gasteiger partial charge in [0.15, 0.2) is 0 Å². The molecule has 0 radical (unpaired) electrons. The molecule has 0 aromatic carbocycles. The lowest BCUT2D eigenvalue weighted by Crippen LogP contribution is -2.37. The van der Waals surface area contributed by atoms with Crippen LogP contribution in [0.4, 0.5) is 0 Å². The largest absolute Gasteiger partial charge is 0.329 e. The maximum Gasteiger partial charge on any atom is 0.328 e. The Balaban J connectivity index is 3.40. The van der Waals surface area contributed by atoms with Crippen LogP contribution in [0.15, 0.2) is 0 Å². The molecular weight excluding hydrogens is 309 g/mol. The molecule has 0 saturated carbocycles. The molecule has 0 saturated heterocycles. The first-order valence-electron chi connectivity index (χ1n) is 9.54. The van der Waals surface area contributed by atoms with E-state index in [4.69, 9.17) is 4.52 Å². The Morgan fingerprint density at radius 2 is 1.26 bits per heavy atom. The van der Waals surface area contributed by atoms with E-state index in [1.165, 1.54) is 57.8 Å². The average Bonchev–Trinajstić information content (AvgIpc) is 2.43. The number of hydrogen-bond acceptors (Lipinski definition) is 2. The second kappa shape index (κ2) is 13.4. The fraction of sp³-hybridized carbons (Fsp3) is 1.00. The maximum atomic E-state index is 11.9. The lowest BCUT2D eigenvalue weighted by Gasteiger charge is -2.24. The third kappa shape index (κ3) is 18.3. The third-order valence-electron chi connectivity index (χ3n) is 4.10. The van der Waals surface area contributed by atoms with E-state index in [1.807, 2.05) is 0 Å². The van der Waals surface area contributed by atoms with Gasteiger partial charge in [-0.25, -0.2) is 0 Å². The predicted octanol–water partition coefficient (Wildman–Crippen LogP) is 5.21. The second-order valence-electron chi connectivity index (χ2n) is 7.74. The fourth-order valence-electron chi connectivity index (χ4n) is 2.50. The van der Waals surface area contributed by atoms with Gasteiger partial charge in [0.05, 0.1) is 21.1 Å². The Labute approximate surface area is 144 Å². The summed E-state index contributed by atoms with van der Waals surface area (Å²) in [4.78, 5) is 9.78. The van der Waals surface area contributed by atoms with Crippen LogP contribution in [0.25, 0.3) is 0 Å². The van der Waals surface area contributed by atoms with Gasteiger partial charge in [-0.2, -0.15) is 0 Å². The van der Waals surface area contributed by atoms with Crippen molar-refractivity contribution in [2.24, 2.45) is 0 Å². The van der Waals surface area contributed by atoms with Gasteiger partial charge < -0.3 is 13.9 Å².